The minimum absolute atomic E-state index is 0.194. The lowest BCUT2D eigenvalue weighted by atomic mass is 9.86. The van der Waals surface area contributed by atoms with Crippen LogP contribution < -0.4 is 10.9 Å². The second-order valence-corrected chi connectivity index (χ2v) is 8.04. The molecule has 1 amide bonds. The van der Waals surface area contributed by atoms with Crippen LogP contribution in [0.15, 0.2) is 35.1 Å². The highest BCUT2D eigenvalue weighted by molar-refractivity contribution is 5.93. The van der Waals surface area contributed by atoms with Crippen LogP contribution in [0, 0.1) is 12.8 Å². The van der Waals surface area contributed by atoms with Crippen molar-refractivity contribution >= 4 is 17.6 Å². The van der Waals surface area contributed by atoms with E-state index < -0.39 is 5.91 Å². The van der Waals surface area contributed by atoms with E-state index >= 15 is 0 Å². The van der Waals surface area contributed by atoms with Crippen LogP contribution in [0.5, 0.6) is 0 Å². The molecule has 162 valence electrons. The average Bonchev–Trinajstić information content (AvgIpc) is 2.97. The summed E-state index contributed by atoms with van der Waals surface area (Å²) in [5.41, 5.74) is 1.20. The molecule has 7 heteroatoms. The van der Waals surface area contributed by atoms with Crippen LogP contribution in [-0.4, -0.2) is 27.8 Å². The number of anilines is 1. The molecular weight excluding hydrogens is 382 g/mol. The molecule has 7 nitrogen and oxygen atoms in total. The van der Waals surface area contributed by atoms with Gasteiger partial charge in [0.1, 0.15) is 5.69 Å². The molecule has 0 unspecified atom stereocenters. The molecule has 1 fully saturated rings. The number of carbonyl (C=O) groups excluding carboxylic acids is 2. The van der Waals surface area contributed by atoms with E-state index in [2.05, 4.69) is 5.32 Å². The summed E-state index contributed by atoms with van der Waals surface area (Å²) in [4.78, 5) is 37.0. The molecule has 0 bridgehead atoms. The minimum atomic E-state index is -0.512. The van der Waals surface area contributed by atoms with Crippen molar-refractivity contribution in [3.8, 4) is 5.69 Å². The Morgan fingerprint density at radius 3 is 2.53 bits per heavy atom. The summed E-state index contributed by atoms with van der Waals surface area (Å²) in [7, 11) is 1.76. The molecule has 1 aliphatic rings. The number of carbonyl (C=O) groups is 2. The molecule has 30 heavy (non-hydrogen) atoms. The Labute approximate surface area is 177 Å². The van der Waals surface area contributed by atoms with Gasteiger partial charge in [-0.1, -0.05) is 50.3 Å². The van der Waals surface area contributed by atoms with Crippen molar-refractivity contribution < 1.29 is 14.3 Å². The van der Waals surface area contributed by atoms with E-state index in [1.165, 1.54) is 36.8 Å². The van der Waals surface area contributed by atoms with Crippen molar-refractivity contribution in [1.82, 2.24) is 9.36 Å². The van der Waals surface area contributed by atoms with Crippen molar-refractivity contribution in [3.05, 3.63) is 46.4 Å². The maximum Gasteiger partial charge on any atom is 0.306 e. The molecule has 1 N–H and O–H groups in total. The standard InChI is InChI=1S/C23H31N3O4/c1-17-22(23(29)26(25(17)2)19-13-7-4-8-14-19)24-20(27)16-30-21(28)15-9-12-18-10-5-3-6-11-18/h4,7-8,13-14,18H,3,5-6,9-12,15-16H2,1-2H3,(H,24,27). The number of aromatic nitrogens is 2. The molecule has 0 radical (unpaired) electrons. The van der Waals surface area contributed by atoms with E-state index in [0.717, 1.165) is 18.8 Å². The summed E-state index contributed by atoms with van der Waals surface area (Å²) in [5, 5.41) is 2.60. The van der Waals surface area contributed by atoms with E-state index in [-0.39, 0.29) is 23.8 Å². The maximum atomic E-state index is 12.8. The van der Waals surface area contributed by atoms with Gasteiger partial charge in [-0.05, 0) is 37.8 Å². The number of para-hydroxylation sites is 1. The van der Waals surface area contributed by atoms with Gasteiger partial charge < -0.3 is 10.1 Å². The number of nitrogens with one attached hydrogen (secondary N) is 1. The number of benzene rings is 1. The quantitative estimate of drug-likeness (QED) is 0.669. The van der Waals surface area contributed by atoms with Gasteiger partial charge in [-0.25, -0.2) is 4.68 Å². The van der Waals surface area contributed by atoms with Crippen LogP contribution in [0.2, 0.25) is 0 Å². The fourth-order valence-electron chi connectivity index (χ4n) is 4.12. The lowest BCUT2D eigenvalue weighted by Crippen LogP contribution is -2.25. The zero-order valence-electron chi connectivity index (χ0n) is 17.9. The third kappa shape index (κ3) is 5.40. The first-order valence-corrected chi connectivity index (χ1v) is 10.8. The smallest absolute Gasteiger partial charge is 0.306 e. The summed E-state index contributed by atoms with van der Waals surface area (Å²) in [6.45, 7) is 1.37. The van der Waals surface area contributed by atoms with Gasteiger partial charge in [0, 0.05) is 13.5 Å². The molecule has 1 aromatic heterocycles. The molecule has 1 saturated carbocycles. The molecular formula is C23H31N3O4. The first-order valence-electron chi connectivity index (χ1n) is 10.8. The third-order valence-electron chi connectivity index (χ3n) is 5.90. The van der Waals surface area contributed by atoms with E-state index in [9.17, 15) is 14.4 Å². The average molecular weight is 414 g/mol. The van der Waals surface area contributed by atoms with E-state index in [0.29, 0.717) is 17.8 Å². The lowest BCUT2D eigenvalue weighted by Gasteiger charge is -2.20. The highest BCUT2D eigenvalue weighted by Crippen LogP contribution is 2.27. The van der Waals surface area contributed by atoms with Crippen LogP contribution in [0.4, 0.5) is 5.69 Å². The predicted octanol–water partition coefficient (Wildman–Crippen LogP) is 3.72. The minimum Gasteiger partial charge on any atom is -0.456 e. The highest BCUT2D eigenvalue weighted by atomic mass is 16.5. The predicted molar refractivity (Wildman–Crippen MR) is 116 cm³/mol. The number of nitrogens with zero attached hydrogens (tertiary/aromatic N) is 2. The molecule has 0 spiro atoms. The lowest BCUT2D eigenvalue weighted by molar-refractivity contribution is -0.147. The van der Waals surface area contributed by atoms with Gasteiger partial charge in [0.25, 0.3) is 11.5 Å². The van der Waals surface area contributed by atoms with E-state index in [4.69, 9.17) is 4.74 Å². The fraction of sp³-hybridized carbons (Fsp3) is 0.522. The summed E-state index contributed by atoms with van der Waals surface area (Å²) in [5.74, 6) is -0.156. The number of ether oxygens (including phenoxy) is 1. The highest BCUT2D eigenvalue weighted by Gasteiger charge is 2.19. The zero-order valence-corrected chi connectivity index (χ0v) is 17.9. The van der Waals surface area contributed by atoms with Crippen LogP contribution in [0.1, 0.15) is 57.1 Å². The normalized spacial score (nSPS) is 14.5. The number of hydrogen-bond acceptors (Lipinski definition) is 4. The van der Waals surface area contributed by atoms with Crippen molar-refractivity contribution in [2.75, 3.05) is 11.9 Å². The molecule has 1 heterocycles. The summed E-state index contributed by atoms with van der Waals surface area (Å²) >= 11 is 0. The Balaban J connectivity index is 1.50. The topological polar surface area (TPSA) is 82.3 Å². The Kier molecular flexibility index (Phi) is 7.49. The van der Waals surface area contributed by atoms with Crippen molar-refractivity contribution in [2.24, 2.45) is 13.0 Å². The summed E-state index contributed by atoms with van der Waals surface area (Å²) < 4.78 is 8.27. The van der Waals surface area contributed by atoms with Crippen molar-refractivity contribution in [3.63, 3.8) is 0 Å². The Hall–Kier alpha value is -2.83. The molecule has 3 rings (SSSR count). The monoisotopic (exact) mass is 413 g/mol. The third-order valence-corrected chi connectivity index (χ3v) is 5.90. The SMILES string of the molecule is Cc1c(NC(=O)COC(=O)CCCC2CCCCC2)c(=O)n(-c2ccccc2)n1C. The van der Waals surface area contributed by atoms with Gasteiger partial charge in [-0.3, -0.25) is 19.1 Å². The molecule has 0 saturated heterocycles. The molecule has 1 aromatic carbocycles. The van der Waals surface area contributed by atoms with Gasteiger partial charge in [-0.2, -0.15) is 0 Å². The van der Waals surface area contributed by atoms with E-state index in [1.807, 2.05) is 30.3 Å². The molecule has 1 aliphatic carbocycles. The van der Waals surface area contributed by atoms with Gasteiger partial charge >= 0.3 is 5.97 Å². The van der Waals surface area contributed by atoms with Gasteiger partial charge in [0.05, 0.1) is 11.4 Å². The first-order chi connectivity index (χ1) is 14.5. The molecule has 0 atom stereocenters. The first kappa shape index (κ1) is 21.9. The Morgan fingerprint density at radius 2 is 1.83 bits per heavy atom. The molecule has 2 aromatic rings. The number of rotatable bonds is 8. The van der Waals surface area contributed by atoms with Crippen LogP contribution >= 0.6 is 0 Å². The Bertz CT molecular complexity index is 924. The van der Waals surface area contributed by atoms with Crippen molar-refractivity contribution in [2.45, 2.75) is 58.3 Å². The fourth-order valence-corrected chi connectivity index (χ4v) is 4.12. The van der Waals surface area contributed by atoms with E-state index in [1.54, 1.807) is 18.7 Å². The van der Waals surface area contributed by atoms with Gasteiger partial charge in [0.15, 0.2) is 6.61 Å². The summed E-state index contributed by atoms with van der Waals surface area (Å²) in [6.07, 6.45) is 8.59. The zero-order chi connectivity index (χ0) is 21.5. The van der Waals surface area contributed by atoms with Gasteiger partial charge in [-0.15, -0.1) is 0 Å². The largest absolute Gasteiger partial charge is 0.456 e. The number of esters is 1. The van der Waals surface area contributed by atoms with Crippen LogP contribution in [0.3, 0.4) is 0 Å². The summed E-state index contributed by atoms with van der Waals surface area (Å²) in [6, 6.07) is 9.20. The number of hydrogen-bond donors (Lipinski definition) is 1. The van der Waals surface area contributed by atoms with Crippen molar-refractivity contribution in [1.29, 1.82) is 0 Å². The maximum absolute atomic E-state index is 12.8. The number of amides is 1. The van der Waals surface area contributed by atoms with Crippen LogP contribution in [-0.2, 0) is 21.4 Å². The second kappa shape index (κ2) is 10.3. The molecule has 0 aliphatic heterocycles. The second-order valence-electron chi connectivity index (χ2n) is 8.04. The van der Waals surface area contributed by atoms with Crippen LogP contribution in [0.25, 0.3) is 5.69 Å². The van der Waals surface area contributed by atoms with Gasteiger partial charge in [0.2, 0.25) is 0 Å². The Morgan fingerprint density at radius 1 is 1.13 bits per heavy atom.